The van der Waals surface area contributed by atoms with Crippen molar-refractivity contribution in [3.8, 4) is 6.07 Å². The van der Waals surface area contributed by atoms with Gasteiger partial charge in [0.25, 0.3) is 0 Å². The number of nitrogens with one attached hydrogen (secondary N) is 1. The number of amides is 1. The summed E-state index contributed by atoms with van der Waals surface area (Å²) in [6.07, 6.45) is 0. The summed E-state index contributed by atoms with van der Waals surface area (Å²) in [5.41, 5.74) is 5.41. The standard InChI is InChI=1S/C17H15N5OS2/c1-9-10(2)12(7-18)17(19-11(9)3)24-8-15(23)20-13-5-4-6-14-16(13)22-25-21-14/h4-6H,8H2,1-3H3,(H,20,23). The van der Waals surface area contributed by atoms with E-state index in [1.165, 1.54) is 11.8 Å². The molecule has 0 aliphatic heterocycles. The van der Waals surface area contributed by atoms with Gasteiger partial charge in [-0.2, -0.15) is 14.0 Å². The molecule has 0 unspecified atom stereocenters. The highest BCUT2D eigenvalue weighted by atomic mass is 32.2. The monoisotopic (exact) mass is 369 g/mol. The summed E-state index contributed by atoms with van der Waals surface area (Å²) in [7, 11) is 0. The van der Waals surface area contributed by atoms with Crippen molar-refractivity contribution in [1.29, 1.82) is 5.26 Å². The van der Waals surface area contributed by atoms with Crippen LogP contribution in [0.4, 0.5) is 5.69 Å². The Morgan fingerprint density at radius 1 is 1.28 bits per heavy atom. The number of aryl methyl sites for hydroxylation is 1. The van der Waals surface area contributed by atoms with Crippen molar-refractivity contribution < 1.29 is 4.79 Å². The van der Waals surface area contributed by atoms with E-state index in [0.717, 1.165) is 34.1 Å². The van der Waals surface area contributed by atoms with Gasteiger partial charge in [0.15, 0.2) is 0 Å². The third kappa shape index (κ3) is 3.48. The van der Waals surface area contributed by atoms with E-state index in [0.29, 0.717) is 21.8 Å². The molecular weight excluding hydrogens is 354 g/mol. The highest BCUT2D eigenvalue weighted by Gasteiger charge is 2.15. The van der Waals surface area contributed by atoms with Crippen LogP contribution in [0.2, 0.25) is 0 Å². The van der Waals surface area contributed by atoms with Gasteiger partial charge >= 0.3 is 0 Å². The Morgan fingerprint density at radius 3 is 2.84 bits per heavy atom. The van der Waals surface area contributed by atoms with Crippen molar-refractivity contribution in [3.05, 3.63) is 40.6 Å². The van der Waals surface area contributed by atoms with Crippen molar-refractivity contribution in [2.75, 3.05) is 11.1 Å². The van der Waals surface area contributed by atoms with Crippen molar-refractivity contribution >= 4 is 46.1 Å². The lowest BCUT2D eigenvalue weighted by molar-refractivity contribution is -0.113. The molecule has 2 heterocycles. The summed E-state index contributed by atoms with van der Waals surface area (Å²) in [6.45, 7) is 5.76. The van der Waals surface area contributed by atoms with E-state index >= 15 is 0 Å². The molecule has 3 rings (SSSR count). The molecule has 0 atom stereocenters. The van der Waals surface area contributed by atoms with Gasteiger partial charge in [0, 0.05) is 5.69 Å². The van der Waals surface area contributed by atoms with Gasteiger partial charge in [0.2, 0.25) is 5.91 Å². The quantitative estimate of drug-likeness (QED) is 0.706. The van der Waals surface area contributed by atoms with Gasteiger partial charge in [-0.05, 0) is 44.0 Å². The first-order valence-corrected chi connectivity index (χ1v) is 9.24. The van der Waals surface area contributed by atoms with Crippen molar-refractivity contribution in [1.82, 2.24) is 13.7 Å². The molecule has 0 radical (unpaired) electrons. The maximum absolute atomic E-state index is 12.3. The Kier molecular flexibility index (Phi) is 4.97. The Balaban J connectivity index is 1.75. The smallest absolute Gasteiger partial charge is 0.234 e. The van der Waals surface area contributed by atoms with Crippen LogP contribution in [-0.2, 0) is 4.79 Å². The molecule has 0 aliphatic carbocycles. The van der Waals surface area contributed by atoms with Crippen molar-refractivity contribution in [2.45, 2.75) is 25.8 Å². The number of rotatable bonds is 4. The zero-order valence-electron chi connectivity index (χ0n) is 14.0. The molecular formula is C17H15N5OS2. The minimum atomic E-state index is -0.174. The van der Waals surface area contributed by atoms with Gasteiger partial charge in [0.05, 0.1) is 28.7 Å². The number of aromatic nitrogens is 3. The Hall–Kier alpha value is -2.50. The van der Waals surface area contributed by atoms with E-state index < -0.39 is 0 Å². The first-order valence-electron chi connectivity index (χ1n) is 7.53. The Bertz CT molecular complexity index is 1010. The number of anilines is 1. The first kappa shape index (κ1) is 17.3. The summed E-state index contributed by atoms with van der Waals surface area (Å²) in [5, 5.41) is 12.8. The second-order valence-corrected chi connectivity index (χ2v) is 7.01. The molecule has 1 aromatic carbocycles. The predicted molar refractivity (Wildman–Crippen MR) is 99.9 cm³/mol. The first-order chi connectivity index (χ1) is 12.0. The molecule has 0 aliphatic rings. The molecule has 8 heteroatoms. The van der Waals surface area contributed by atoms with Gasteiger partial charge in [-0.3, -0.25) is 4.79 Å². The van der Waals surface area contributed by atoms with Crippen LogP contribution in [0, 0.1) is 32.1 Å². The van der Waals surface area contributed by atoms with Crippen molar-refractivity contribution in [3.63, 3.8) is 0 Å². The SMILES string of the molecule is Cc1nc(SCC(=O)Nc2cccc3nsnc23)c(C#N)c(C)c1C. The van der Waals surface area contributed by atoms with Crippen LogP contribution in [0.1, 0.15) is 22.4 Å². The summed E-state index contributed by atoms with van der Waals surface area (Å²) in [5.74, 6) is -0.00975. The number of benzene rings is 1. The second-order valence-electron chi connectivity index (χ2n) is 5.51. The number of carbonyl (C=O) groups is 1. The predicted octanol–water partition coefficient (Wildman–Crippen LogP) is 3.61. The van der Waals surface area contributed by atoms with Gasteiger partial charge < -0.3 is 5.32 Å². The fourth-order valence-electron chi connectivity index (χ4n) is 2.37. The highest BCUT2D eigenvalue weighted by Crippen LogP contribution is 2.27. The molecule has 3 aromatic rings. The van der Waals surface area contributed by atoms with Gasteiger partial charge in [-0.1, -0.05) is 17.8 Å². The largest absolute Gasteiger partial charge is 0.323 e. The summed E-state index contributed by atoms with van der Waals surface area (Å²) in [6, 6.07) is 7.67. The molecule has 1 N–H and O–H groups in total. The fraction of sp³-hybridized carbons (Fsp3) is 0.235. The number of carbonyl (C=O) groups excluding carboxylic acids is 1. The molecule has 1 amide bonds. The topological polar surface area (TPSA) is 91.6 Å². The molecule has 25 heavy (non-hydrogen) atoms. The number of nitrogens with zero attached hydrogens (tertiary/aromatic N) is 4. The van der Waals surface area contributed by atoms with Crippen LogP contribution in [0.3, 0.4) is 0 Å². The molecule has 0 saturated heterocycles. The van der Waals surface area contributed by atoms with Gasteiger partial charge in [-0.25, -0.2) is 4.98 Å². The number of pyridine rings is 1. The molecule has 0 bridgehead atoms. The van der Waals surface area contributed by atoms with Crippen LogP contribution in [0.25, 0.3) is 11.0 Å². The van der Waals surface area contributed by atoms with Crippen LogP contribution < -0.4 is 5.32 Å². The van der Waals surface area contributed by atoms with Crippen LogP contribution >= 0.6 is 23.5 Å². The van der Waals surface area contributed by atoms with E-state index in [9.17, 15) is 10.1 Å². The Morgan fingerprint density at radius 2 is 2.08 bits per heavy atom. The van der Waals surface area contributed by atoms with Crippen LogP contribution in [0.15, 0.2) is 23.2 Å². The molecule has 0 fully saturated rings. The maximum Gasteiger partial charge on any atom is 0.234 e. The fourth-order valence-corrected chi connectivity index (χ4v) is 3.81. The van der Waals surface area contributed by atoms with E-state index in [4.69, 9.17) is 0 Å². The summed E-state index contributed by atoms with van der Waals surface area (Å²) >= 11 is 2.38. The zero-order chi connectivity index (χ0) is 18.0. The summed E-state index contributed by atoms with van der Waals surface area (Å²) in [4.78, 5) is 16.8. The molecule has 2 aromatic heterocycles. The van der Waals surface area contributed by atoms with E-state index in [1.807, 2.05) is 32.9 Å². The van der Waals surface area contributed by atoms with E-state index in [1.54, 1.807) is 6.07 Å². The van der Waals surface area contributed by atoms with Crippen LogP contribution in [0.5, 0.6) is 0 Å². The normalized spacial score (nSPS) is 10.6. The van der Waals surface area contributed by atoms with Crippen LogP contribution in [-0.4, -0.2) is 25.4 Å². The average Bonchev–Trinajstić information content (AvgIpc) is 3.08. The number of fused-ring (bicyclic) bond motifs is 1. The minimum absolute atomic E-state index is 0.164. The molecule has 0 spiro atoms. The Labute approximate surface area is 153 Å². The van der Waals surface area contributed by atoms with Gasteiger partial charge in [0.1, 0.15) is 22.1 Å². The lowest BCUT2D eigenvalue weighted by atomic mass is 10.1. The minimum Gasteiger partial charge on any atom is -0.323 e. The number of thioether (sulfide) groups is 1. The van der Waals surface area contributed by atoms with E-state index in [-0.39, 0.29) is 11.7 Å². The van der Waals surface area contributed by atoms with E-state index in [2.05, 4.69) is 25.1 Å². The zero-order valence-corrected chi connectivity index (χ0v) is 15.6. The molecule has 6 nitrogen and oxygen atoms in total. The molecule has 0 saturated carbocycles. The average molecular weight is 369 g/mol. The number of hydrogen-bond acceptors (Lipinski definition) is 7. The number of hydrogen-bond donors (Lipinski definition) is 1. The lowest BCUT2D eigenvalue weighted by Gasteiger charge is -2.11. The maximum atomic E-state index is 12.3. The number of nitriles is 1. The third-order valence-electron chi connectivity index (χ3n) is 3.98. The third-order valence-corrected chi connectivity index (χ3v) is 5.49. The van der Waals surface area contributed by atoms with Gasteiger partial charge in [-0.15, -0.1) is 0 Å². The highest BCUT2D eigenvalue weighted by molar-refractivity contribution is 8.00. The second kappa shape index (κ2) is 7.17. The molecule has 126 valence electrons. The van der Waals surface area contributed by atoms with Crippen molar-refractivity contribution in [2.24, 2.45) is 0 Å². The lowest BCUT2D eigenvalue weighted by Crippen LogP contribution is -2.14. The summed E-state index contributed by atoms with van der Waals surface area (Å²) < 4.78 is 8.36.